The van der Waals surface area contributed by atoms with Crippen LogP contribution in [0.15, 0.2) is 28.3 Å². The summed E-state index contributed by atoms with van der Waals surface area (Å²) in [6, 6.07) is 3.60. The van der Waals surface area contributed by atoms with E-state index in [2.05, 4.69) is 9.97 Å². The SMILES string of the molecule is NS(=O)(=O)c1ccc2nc(S(=O)(=O)O)[nH]c2c1. The first-order valence-corrected chi connectivity index (χ1v) is 7.16. The highest BCUT2D eigenvalue weighted by molar-refractivity contribution is 7.89. The van der Waals surface area contributed by atoms with Gasteiger partial charge in [0.1, 0.15) is 0 Å². The highest BCUT2D eigenvalue weighted by Crippen LogP contribution is 2.18. The maximum absolute atomic E-state index is 11.1. The highest BCUT2D eigenvalue weighted by atomic mass is 32.2. The van der Waals surface area contributed by atoms with E-state index in [1.54, 1.807) is 0 Å². The van der Waals surface area contributed by atoms with Crippen LogP contribution in [0.5, 0.6) is 0 Å². The zero-order valence-electron chi connectivity index (χ0n) is 8.15. The summed E-state index contributed by atoms with van der Waals surface area (Å²) >= 11 is 0. The number of hydrogen-bond acceptors (Lipinski definition) is 5. The number of aromatic amines is 1. The van der Waals surface area contributed by atoms with Crippen LogP contribution >= 0.6 is 0 Å². The quantitative estimate of drug-likeness (QED) is 0.629. The van der Waals surface area contributed by atoms with E-state index >= 15 is 0 Å². The summed E-state index contributed by atoms with van der Waals surface area (Å²) in [6.45, 7) is 0. The highest BCUT2D eigenvalue weighted by Gasteiger charge is 2.16. The Morgan fingerprint density at radius 1 is 1.24 bits per heavy atom. The minimum atomic E-state index is -4.46. The Balaban J connectivity index is 2.73. The first kappa shape index (κ1) is 12.0. The molecule has 10 heteroatoms. The van der Waals surface area contributed by atoms with Crippen molar-refractivity contribution in [1.82, 2.24) is 9.97 Å². The average Bonchev–Trinajstić information content (AvgIpc) is 2.57. The number of nitrogens with two attached hydrogens (primary N) is 1. The van der Waals surface area contributed by atoms with Crippen molar-refractivity contribution in [1.29, 1.82) is 0 Å². The van der Waals surface area contributed by atoms with Crippen LogP contribution in [0.25, 0.3) is 11.0 Å². The number of aromatic nitrogens is 2. The van der Waals surface area contributed by atoms with Gasteiger partial charge < -0.3 is 4.98 Å². The van der Waals surface area contributed by atoms with E-state index in [1.165, 1.54) is 12.1 Å². The van der Waals surface area contributed by atoms with Crippen LogP contribution in [-0.2, 0) is 20.1 Å². The Kier molecular flexibility index (Phi) is 2.47. The van der Waals surface area contributed by atoms with Crippen LogP contribution < -0.4 is 5.14 Å². The lowest BCUT2D eigenvalue weighted by molar-refractivity contribution is 0.476. The topological polar surface area (TPSA) is 143 Å². The summed E-state index contributed by atoms with van der Waals surface area (Å²) in [7, 11) is -8.34. The second-order valence-corrected chi connectivity index (χ2v) is 6.14. The van der Waals surface area contributed by atoms with Crippen LogP contribution in [-0.4, -0.2) is 31.4 Å². The van der Waals surface area contributed by atoms with Crippen LogP contribution in [0.3, 0.4) is 0 Å². The van der Waals surface area contributed by atoms with E-state index in [-0.39, 0.29) is 15.9 Å². The van der Waals surface area contributed by atoms with Gasteiger partial charge in [-0.05, 0) is 18.2 Å². The number of nitrogens with one attached hydrogen (secondary N) is 1. The molecule has 0 amide bonds. The maximum atomic E-state index is 11.1. The van der Waals surface area contributed by atoms with Crippen molar-refractivity contribution >= 4 is 31.2 Å². The smallest absolute Gasteiger partial charge is 0.327 e. The third-order valence-corrected chi connectivity index (χ3v) is 3.60. The molecule has 0 unspecified atom stereocenters. The van der Waals surface area contributed by atoms with Gasteiger partial charge in [0.15, 0.2) is 0 Å². The first-order valence-electron chi connectivity index (χ1n) is 4.18. The molecule has 8 nitrogen and oxygen atoms in total. The summed E-state index contributed by atoms with van der Waals surface area (Å²) in [4.78, 5) is 5.67. The Bertz CT molecular complexity index is 760. The predicted octanol–water partition coefficient (Wildman–Crippen LogP) is -0.543. The molecule has 0 aliphatic carbocycles. The van der Waals surface area contributed by atoms with E-state index in [0.717, 1.165) is 6.07 Å². The van der Waals surface area contributed by atoms with Crippen molar-refractivity contribution in [2.75, 3.05) is 0 Å². The molecule has 2 rings (SSSR count). The molecular formula is C7H7N3O5S2. The molecule has 0 aliphatic heterocycles. The Labute approximate surface area is 96.3 Å². The molecule has 2 aromatic rings. The number of nitrogens with zero attached hydrogens (tertiary/aromatic N) is 1. The van der Waals surface area contributed by atoms with E-state index in [4.69, 9.17) is 9.69 Å². The van der Waals surface area contributed by atoms with Gasteiger partial charge in [-0.15, -0.1) is 0 Å². The Morgan fingerprint density at radius 2 is 1.88 bits per heavy atom. The zero-order chi connectivity index (χ0) is 12.8. The van der Waals surface area contributed by atoms with Gasteiger partial charge in [0.2, 0.25) is 10.0 Å². The predicted molar refractivity (Wildman–Crippen MR) is 57.3 cm³/mol. The molecule has 0 spiro atoms. The summed E-state index contributed by atoms with van der Waals surface area (Å²) in [5.74, 6) is 0. The normalized spacial score (nSPS) is 13.1. The van der Waals surface area contributed by atoms with Crippen LogP contribution in [0.4, 0.5) is 0 Å². The van der Waals surface area contributed by atoms with E-state index in [0.29, 0.717) is 0 Å². The number of hydrogen-bond donors (Lipinski definition) is 3. The molecule has 1 aromatic heterocycles. The van der Waals surface area contributed by atoms with Gasteiger partial charge in [0, 0.05) is 0 Å². The molecule has 1 heterocycles. The van der Waals surface area contributed by atoms with E-state index < -0.39 is 25.3 Å². The molecule has 0 aliphatic rings. The summed E-state index contributed by atoms with van der Waals surface area (Å²) < 4.78 is 52.5. The fourth-order valence-electron chi connectivity index (χ4n) is 1.26. The minimum absolute atomic E-state index is 0.143. The fraction of sp³-hybridized carbons (Fsp3) is 0. The lowest BCUT2D eigenvalue weighted by atomic mass is 10.3. The molecule has 0 atom stereocenters. The average molecular weight is 277 g/mol. The second-order valence-electron chi connectivity index (χ2n) is 3.24. The molecule has 92 valence electrons. The van der Waals surface area contributed by atoms with Gasteiger partial charge in [-0.3, -0.25) is 4.55 Å². The van der Waals surface area contributed by atoms with Gasteiger partial charge in [-0.25, -0.2) is 18.5 Å². The monoisotopic (exact) mass is 277 g/mol. The number of fused-ring (bicyclic) bond motifs is 1. The van der Waals surface area contributed by atoms with Crippen molar-refractivity contribution in [3.63, 3.8) is 0 Å². The number of rotatable bonds is 2. The van der Waals surface area contributed by atoms with Crippen molar-refractivity contribution < 1.29 is 21.4 Å². The number of sulfonamides is 1. The van der Waals surface area contributed by atoms with Gasteiger partial charge in [0.25, 0.3) is 5.16 Å². The fourth-order valence-corrected chi connectivity index (χ4v) is 2.26. The third-order valence-electron chi connectivity index (χ3n) is 2.00. The van der Waals surface area contributed by atoms with Crippen molar-refractivity contribution in [3.05, 3.63) is 18.2 Å². The molecule has 1 aromatic carbocycles. The van der Waals surface area contributed by atoms with Gasteiger partial charge >= 0.3 is 10.1 Å². The maximum Gasteiger partial charge on any atom is 0.328 e. The standard InChI is InChI=1S/C7H7N3O5S2/c8-16(11,12)4-1-2-5-6(3-4)10-7(9-5)17(13,14)15/h1-3H,(H,9,10)(H2,8,11,12)(H,13,14,15). The molecule has 0 saturated carbocycles. The van der Waals surface area contributed by atoms with Gasteiger partial charge in [-0.1, -0.05) is 0 Å². The van der Waals surface area contributed by atoms with Crippen molar-refractivity contribution in [2.24, 2.45) is 5.14 Å². The van der Waals surface area contributed by atoms with Gasteiger partial charge in [-0.2, -0.15) is 8.42 Å². The molecule has 0 fully saturated rings. The summed E-state index contributed by atoms with van der Waals surface area (Å²) in [6.07, 6.45) is 0. The Hall–Kier alpha value is -1.49. The number of imidazole rings is 1. The second kappa shape index (κ2) is 3.50. The van der Waals surface area contributed by atoms with Gasteiger partial charge in [0.05, 0.1) is 15.9 Å². The molecule has 4 N–H and O–H groups in total. The summed E-state index contributed by atoms with van der Waals surface area (Å²) in [5.41, 5.74) is 0.342. The van der Waals surface area contributed by atoms with Crippen LogP contribution in [0.1, 0.15) is 0 Å². The minimum Gasteiger partial charge on any atom is -0.327 e. The van der Waals surface area contributed by atoms with Crippen LogP contribution in [0.2, 0.25) is 0 Å². The number of benzene rings is 1. The number of primary sulfonamides is 1. The van der Waals surface area contributed by atoms with E-state index in [9.17, 15) is 16.8 Å². The zero-order valence-corrected chi connectivity index (χ0v) is 9.79. The molecular weight excluding hydrogens is 270 g/mol. The van der Waals surface area contributed by atoms with Crippen molar-refractivity contribution in [2.45, 2.75) is 10.1 Å². The molecule has 0 saturated heterocycles. The molecule has 0 radical (unpaired) electrons. The third kappa shape index (κ3) is 2.29. The largest absolute Gasteiger partial charge is 0.328 e. The molecule has 0 bridgehead atoms. The van der Waals surface area contributed by atoms with Crippen molar-refractivity contribution in [3.8, 4) is 0 Å². The lowest BCUT2D eigenvalue weighted by Crippen LogP contribution is -2.11. The summed E-state index contributed by atoms with van der Waals surface area (Å²) in [5, 5.41) is 4.26. The molecule has 17 heavy (non-hydrogen) atoms. The number of H-pyrrole nitrogens is 1. The van der Waals surface area contributed by atoms with Crippen LogP contribution in [0, 0.1) is 0 Å². The first-order chi connectivity index (χ1) is 7.68. The van der Waals surface area contributed by atoms with E-state index in [1.807, 2.05) is 0 Å². The Morgan fingerprint density at radius 3 is 2.41 bits per heavy atom. The lowest BCUT2D eigenvalue weighted by Gasteiger charge is -1.96.